The molecule has 2 amide bonds. The van der Waals surface area contributed by atoms with Crippen molar-refractivity contribution in [3.05, 3.63) is 58.3 Å². The van der Waals surface area contributed by atoms with Gasteiger partial charge < -0.3 is 9.47 Å². The number of hydrogen-bond acceptors (Lipinski definition) is 9. The molecule has 0 aliphatic carbocycles. The molecule has 1 aliphatic heterocycles. The standard InChI is InChI=1S/C52H67NO4S5/c1-6-11-14-15-16-17-18-19-20-21-29-53-51(54)43-44(52(53)55)50(62-49(43)40-25-22-30-58-40)41-27-26-39(60-41)42-32-38-46(57-34-36(10-5)24-13-8-3)47-37(28-31-59-47)45(48(38)61-42)56-33-35(9-4)23-12-7-2/h22,25-28,30-32,35-36H,6-21,23-24,29,33-34H2,1-5H3. The molecule has 2 unspecified atom stereocenters. The van der Waals surface area contributed by atoms with Crippen LogP contribution < -0.4 is 9.47 Å². The fourth-order valence-corrected chi connectivity index (χ4v) is 14.2. The number of rotatable bonds is 28. The van der Waals surface area contributed by atoms with Crippen molar-refractivity contribution >= 4 is 88.7 Å². The van der Waals surface area contributed by atoms with Crippen LogP contribution in [0.2, 0.25) is 0 Å². The highest BCUT2D eigenvalue weighted by Crippen LogP contribution is 2.53. The average Bonchev–Trinajstić information content (AvgIpc) is 4.15. The number of imide groups is 1. The Labute approximate surface area is 390 Å². The van der Waals surface area contributed by atoms with Gasteiger partial charge in [-0.15, -0.1) is 56.7 Å². The van der Waals surface area contributed by atoms with E-state index in [1.165, 1.54) is 88.4 Å². The number of thiophene rings is 5. The van der Waals surface area contributed by atoms with Gasteiger partial charge in [-0.1, -0.05) is 137 Å². The van der Waals surface area contributed by atoms with Crippen molar-refractivity contribution in [2.24, 2.45) is 11.8 Å². The zero-order valence-electron chi connectivity index (χ0n) is 37.7. The predicted octanol–water partition coefficient (Wildman–Crippen LogP) is 18.0. The summed E-state index contributed by atoms with van der Waals surface area (Å²) >= 11 is 8.47. The molecule has 0 saturated heterocycles. The number of carbonyl (C=O) groups excluding carboxylic acids is 2. The lowest BCUT2D eigenvalue weighted by Crippen LogP contribution is -2.31. The third-order valence-electron chi connectivity index (χ3n) is 12.7. The Morgan fingerprint density at radius 3 is 1.71 bits per heavy atom. The molecule has 62 heavy (non-hydrogen) atoms. The molecular formula is C52H67NO4S5. The Bertz CT molecular complexity index is 2270. The Balaban J connectivity index is 1.18. The zero-order valence-corrected chi connectivity index (χ0v) is 41.8. The number of ether oxygens (including phenoxy) is 2. The molecule has 10 heteroatoms. The second-order valence-electron chi connectivity index (χ2n) is 17.2. The van der Waals surface area contributed by atoms with Crippen molar-refractivity contribution in [2.75, 3.05) is 19.8 Å². The van der Waals surface area contributed by atoms with E-state index in [-0.39, 0.29) is 11.8 Å². The molecule has 6 heterocycles. The van der Waals surface area contributed by atoms with Gasteiger partial charge in [0.15, 0.2) is 0 Å². The summed E-state index contributed by atoms with van der Waals surface area (Å²) in [6.07, 6.45) is 21.6. The van der Waals surface area contributed by atoms with Crippen LogP contribution in [0.3, 0.4) is 0 Å². The van der Waals surface area contributed by atoms with Gasteiger partial charge in [0.1, 0.15) is 11.5 Å². The van der Waals surface area contributed by atoms with E-state index >= 15 is 0 Å². The van der Waals surface area contributed by atoms with E-state index in [1.807, 2.05) is 6.07 Å². The highest BCUT2D eigenvalue weighted by atomic mass is 32.1. The van der Waals surface area contributed by atoms with Gasteiger partial charge in [-0.3, -0.25) is 14.5 Å². The van der Waals surface area contributed by atoms with Gasteiger partial charge in [-0.05, 0) is 72.2 Å². The molecule has 334 valence electrons. The molecule has 0 N–H and O–H groups in total. The minimum absolute atomic E-state index is 0.131. The summed E-state index contributed by atoms with van der Waals surface area (Å²) in [6.45, 7) is 13.2. The smallest absolute Gasteiger partial charge is 0.263 e. The van der Waals surface area contributed by atoms with Crippen molar-refractivity contribution in [3.63, 3.8) is 0 Å². The first-order valence-electron chi connectivity index (χ1n) is 23.8. The zero-order chi connectivity index (χ0) is 43.4. The van der Waals surface area contributed by atoms with E-state index < -0.39 is 0 Å². The molecule has 0 spiro atoms. The first-order chi connectivity index (χ1) is 30.4. The van der Waals surface area contributed by atoms with Crippen molar-refractivity contribution in [1.29, 1.82) is 0 Å². The van der Waals surface area contributed by atoms with E-state index in [4.69, 9.17) is 9.47 Å². The summed E-state index contributed by atoms with van der Waals surface area (Å²) in [5.41, 5.74) is 1.19. The van der Waals surface area contributed by atoms with Crippen LogP contribution in [0, 0.1) is 11.8 Å². The van der Waals surface area contributed by atoms with Crippen LogP contribution in [0.4, 0.5) is 0 Å². The van der Waals surface area contributed by atoms with Gasteiger partial charge >= 0.3 is 0 Å². The molecule has 0 saturated carbocycles. The van der Waals surface area contributed by atoms with Crippen molar-refractivity contribution in [3.8, 4) is 40.8 Å². The number of nitrogens with zero attached hydrogens (tertiary/aromatic N) is 1. The molecule has 5 nitrogen and oxygen atoms in total. The summed E-state index contributed by atoms with van der Waals surface area (Å²) in [4.78, 5) is 36.2. The Kier molecular flexibility index (Phi) is 17.6. The summed E-state index contributed by atoms with van der Waals surface area (Å²) < 4.78 is 16.1. The van der Waals surface area contributed by atoms with Crippen LogP contribution in [0.1, 0.15) is 171 Å². The maximum absolute atomic E-state index is 14.3. The van der Waals surface area contributed by atoms with Gasteiger partial charge in [0.2, 0.25) is 0 Å². The average molecular weight is 930 g/mol. The predicted molar refractivity (Wildman–Crippen MR) is 272 cm³/mol. The maximum Gasteiger partial charge on any atom is 0.263 e. The number of hydrogen-bond donors (Lipinski definition) is 0. The number of carbonyl (C=O) groups is 2. The Hall–Kier alpha value is -3.02. The van der Waals surface area contributed by atoms with Gasteiger partial charge in [0.05, 0.1) is 43.5 Å². The van der Waals surface area contributed by atoms with Crippen molar-refractivity contribution < 1.29 is 19.1 Å². The molecule has 2 atom stereocenters. The van der Waals surface area contributed by atoms with Crippen LogP contribution in [0.15, 0.2) is 47.2 Å². The third-order valence-corrected chi connectivity index (χ3v) is 18.4. The molecule has 0 radical (unpaired) electrons. The fourth-order valence-electron chi connectivity index (χ4n) is 8.75. The second kappa shape index (κ2) is 23.3. The van der Waals surface area contributed by atoms with Crippen molar-refractivity contribution in [2.45, 2.75) is 150 Å². The normalized spacial score (nSPS) is 13.9. The molecule has 0 bridgehead atoms. The molecule has 1 aliphatic rings. The topological polar surface area (TPSA) is 55.8 Å². The van der Waals surface area contributed by atoms with Gasteiger partial charge in [-0.2, -0.15) is 0 Å². The largest absolute Gasteiger partial charge is 0.491 e. The number of fused-ring (bicyclic) bond motifs is 3. The lowest BCUT2D eigenvalue weighted by atomic mass is 10.0. The molecular weight excluding hydrogens is 863 g/mol. The second-order valence-corrected chi connectivity index (χ2v) is 22.2. The first-order valence-corrected chi connectivity index (χ1v) is 28.0. The highest BCUT2D eigenvalue weighted by Gasteiger charge is 2.42. The van der Waals surface area contributed by atoms with E-state index in [9.17, 15) is 9.59 Å². The Morgan fingerprint density at radius 2 is 1.11 bits per heavy atom. The van der Waals surface area contributed by atoms with E-state index in [0.717, 1.165) is 93.0 Å². The van der Waals surface area contributed by atoms with Crippen LogP contribution in [0.25, 0.3) is 49.4 Å². The summed E-state index contributed by atoms with van der Waals surface area (Å²) in [7, 11) is 0. The highest BCUT2D eigenvalue weighted by molar-refractivity contribution is 7.30. The number of unbranched alkanes of at least 4 members (excludes halogenated alkanes) is 11. The lowest BCUT2D eigenvalue weighted by molar-refractivity contribution is 0.0652. The van der Waals surface area contributed by atoms with Crippen LogP contribution >= 0.6 is 56.7 Å². The number of amides is 2. The summed E-state index contributed by atoms with van der Waals surface area (Å²) in [6, 6.07) is 13.0. The summed E-state index contributed by atoms with van der Waals surface area (Å²) in [5, 5.41) is 6.50. The Morgan fingerprint density at radius 1 is 0.532 bits per heavy atom. The molecule has 5 aromatic heterocycles. The summed E-state index contributed by atoms with van der Waals surface area (Å²) in [5.74, 6) is 2.73. The van der Waals surface area contributed by atoms with E-state index in [0.29, 0.717) is 42.7 Å². The SMILES string of the molecule is CCCCCCCCCCCCN1C(=O)c2c(-c3cccs3)sc(-c3ccc(-c4cc5c(OCC(CC)CCCC)c6sccc6c(OCC(CC)CCCC)c5s4)s3)c2C1=O. The molecule has 1 aromatic carbocycles. The van der Waals surface area contributed by atoms with Crippen molar-refractivity contribution in [1.82, 2.24) is 4.90 Å². The van der Waals surface area contributed by atoms with Crippen LogP contribution in [-0.2, 0) is 0 Å². The molecule has 7 rings (SSSR count). The third kappa shape index (κ3) is 10.7. The van der Waals surface area contributed by atoms with E-state index in [1.54, 1.807) is 56.7 Å². The maximum atomic E-state index is 14.3. The van der Waals surface area contributed by atoms with E-state index in [2.05, 4.69) is 75.7 Å². The quantitative estimate of drug-likeness (QED) is 0.0363. The van der Waals surface area contributed by atoms with Crippen LogP contribution in [0.5, 0.6) is 11.5 Å². The fraction of sp³-hybridized carbons (Fsp3) is 0.538. The minimum atomic E-state index is -0.135. The van der Waals surface area contributed by atoms with Gasteiger partial charge in [-0.25, -0.2) is 0 Å². The molecule has 6 aromatic rings. The van der Waals surface area contributed by atoms with Gasteiger partial charge in [0.25, 0.3) is 11.8 Å². The molecule has 0 fully saturated rings. The van der Waals surface area contributed by atoms with Crippen LogP contribution in [-0.4, -0.2) is 36.5 Å². The monoisotopic (exact) mass is 929 g/mol. The lowest BCUT2D eigenvalue weighted by Gasteiger charge is -2.19. The minimum Gasteiger partial charge on any atom is -0.491 e. The van der Waals surface area contributed by atoms with Gasteiger partial charge in [0, 0.05) is 36.8 Å². The number of benzene rings is 1. The first kappa shape index (κ1) is 47.0.